The second-order valence-corrected chi connectivity index (χ2v) is 4.27. The lowest BCUT2D eigenvalue weighted by atomic mass is 9.92. The van der Waals surface area contributed by atoms with Gasteiger partial charge in [-0.05, 0) is 30.5 Å². The summed E-state index contributed by atoms with van der Waals surface area (Å²) in [6.07, 6.45) is 2.19. The highest BCUT2D eigenvalue weighted by Gasteiger charge is 2.46. The topological polar surface area (TPSA) is 52.3 Å². The van der Waals surface area contributed by atoms with Crippen molar-refractivity contribution in [2.45, 2.75) is 24.7 Å². The first-order chi connectivity index (χ1) is 7.57. The molecule has 16 heavy (non-hydrogen) atoms. The van der Waals surface area contributed by atoms with Gasteiger partial charge >= 0.3 is 5.97 Å². The minimum Gasteiger partial charge on any atom is -0.469 e. The van der Waals surface area contributed by atoms with Gasteiger partial charge in [0, 0.05) is 5.41 Å². The third kappa shape index (κ3) is 1.87. The van der Waals surface area contributed by atoms with Crippen molar-refractivity contribution in [3.8, 4) is 0 Å². The van der Waals surface area contributed by atoms with E-state index in [1.807, 2.05) is 0 Å². The van der Waals surface area contributed by atoms with E-state index in [9.17, 15) is 9.18 Å². The van der Waals surface area contributed by atoms with Crippen LogP contribution in [0.5, 0.6) is 0 Å². The number of hydrogen-bond donors (Lipinski definition) is 1. The molecule has 86 valence electrons. The lowest BCUT2D eigenvalue weighted by molar-refractivity contribution is -0.141. The van der Waals surface area contributed by atoms with Crippen LogP contribution in [0.25, 0.3) is 0 Å². The summed E-state index contributed by atoms with van der Waals surface area (Å²) in [6, 6.07) is 4.66. The van der Waals surface area contributed by atoms with Crippen molar-refractivity contribution in [3.63, 3.8) is 0 Å². The maximum absolute atomic E-state index is 13.0. The Morgan fingerprint density at radius 2 is 2.25 bits per heavy atom. The highest BCUT2D eigenvalue weighted by atomic mass is 19.1. The monoisotopic (exact) mass is 223 g/mol. The molecule has 1 fully saturated rings. The molecule has 1 aliphatic carbocycles. The van der Waals surface area contributed by atoms with Crippen molar-refractivity contribution < 1.29 is 13.9 Å². The first-order valence-corrected chi connectivity index (χ1v) is 5.20. The van der Waals surface area contributed by atoms with E-state index in [0.29, 0.717) is 6.42 Å². The van der Waals surface area contributed by atoms with Gasteiger partial charge in [0.15, 0.2) is 0 Å². The Hall–Kier alpha value is -1.58. The quantitative estimate of drug-likeness (QED) is 0.630. The van der Waals surface area contributed by atoms with Gasteiger partial charge in [-0.1, -0.05) is 6.07 Å². The molecule has 1 saturated carbocycles. The number of esters is 1. The number of rotatable bonds is 3. The number of nitrogens with two attached hydrogens (primary N) is 1. The molecule has 1 aromatic rings. The van der Waals surface area contributed by atoms with Crippen molar-refractivity contribution >= 4 is 11.7 Å². The predicted molar refractivity (Wildman–Crippen MR) is 58.4 cm³/mol. The van der Waals surface area contributed by atoms with Gasteiger partial charge in [-0.2, -0.15) is 0 Å². The van der Waals surface area contributed by atoms with Crippen molar-refractivity contribution in [2.75, 3.05) is 12.8 Å². The van der Waals surface area contributed by atoms with E-state index in [4.69, 9.17) is 5.73 Å². The minimum absolute atomic E-state index is 0.133. The number of benzene rings is 1. The second kappa shape index (κ2) is 3.77. The summed E-state index contributed by atoms with van der Waals surface area (Å²) >= 11 is 0. The molecule has 2 N–H and O–H groups in total. The van der Waals surface area contributed by atoms with E-state index < -0.39 is 5.82 Å². The number of hydrogen-bond acceptors (Lipinski definition) is 3. The fraction of sp³-hybridized carbons (Fsp3) is 0.417. The molecule has 0 amide bonds. The number of carbonyl (C=O) groups is 1. The van der Waals surface area contributed by atoms with Crippen LogP contribution in [0.3, 0.4) is 0 Å². The third-order valence-electron chi connectivity index (χ3n) is 3.17. The zero-order valence-electron chi connectivity index (χ0n) is 9.13. The van der Waals surface area contributed by atoms with Crippen LogP contribution >= 0.6 is 0 Å². The maximum Gasteiger partial charge on any atom is 0.306 e. The van der Waals surface area contributed by atoms with Crippen molar-refractivity contribution in [2.24, 2.45) is 0 Å². The van der Waals surface area contributed by atoms with E-state index in [0.717, 1.165) is 18.4 Å². The number of carbonyl (C=O) groups excluding carboxylic acids is 1. The van der Waals surface area contributed by atoms with Crippen molar-refractivity contribution in [1.82, 2.24) is 0 Å². The number of methoxy groups -OCH3 is 1. The van der Waals surface area contributed by atoms with Gasteiger partial charge < -0.3 is 10.5 Å². The molecule has 0 unspecified atom stereocenters. The molecule has 0 aromatic heterocycles. The fourth-order valence-electron chi connectivity index (χ4n) is 1.94. The van der Waals surface area contributed by atoms with Crippen molar-refractivity contribution in [1.29, 1.82) is 0 Å². The Balaban J connectivity index is 2.23. The average molecular weight is 223 g/mol. The molecular weight excluding hydrogens is 209 g/mol. The Labute approximate surface area is 93.4 Å². The van der Waals surface area contributed by atoms with Gasteiger partial charge in [0.05, 0.1) is 19.2 Å². The maximum atomic E-state index is 13.0. The van der Waals surface area contributed by atoms with Crippen LogP contribution in [-0.2, 0) is 14.9 Å². The zero-order chi connectivity index (χ0) is 11.8. The Bertz CT molecular complexity index is 427. The van der Waals surface area contributed by atoms with Crippen LogP contribution in [0, 0.1) is 5.82 Å². The van der Waals surface area contributed by atoms with Crippen LogP contribution in [0.4, 0.5) is 10.1 Å². The van der Waals surface area contributed by atoms with E-state index in [-0.39, 0.29) is 17.1 Å². The number of anilines is 1. The fourth-order valence-corrected chi connectivity index (χ4v) is 1.94. The van der Waals surface area contributed by atoms with Gasteiger partial charge in [-0.25, -0.2) is 4.39 Å². The lowest BCUT2D eigenvalue weighted by Gasteiger charge is -2.14. The van der Waals surface area contributed by atoms with Gasteiger partial charge in [0.2, 0.25) is 0 Å². The minimum atomic E-state index is -0.419. The summed E-state index contributed by atoms with van der Waals surface area (Å²) in [5.74, 6) is -0.655. The Morgan fingerprint density at radius 1 is 1.56 bits per heavy atom. The normalized spacial score (nSPS) is 16.9. The standard InChI is InChI=1S/C12H14FNO2/c1-16-11(15)7-12(4-5-12)8-2-3-9(13)10(14)6-8/h2-3,6H,4-5,7,14H2,1H3. The molecule has 1 aliphatic rings. The van der Waals surface area contributed by atoms with E-state index in [1.54, 1.807) is 12.1 Å². The average Bonchev–Trinajstić information content (AvgIpc) is 3.03. The van der Waals surface area contributed by atoms with Crippen LogP contribution < -0.4 is 5.73 Å². The Morgan fingerprint density at radius 3 is 2.75 bits per heavy atom. The van der Waals surface area contributed by atoms with Crippen LogP contribution in [0.2, 0.25) is 0 Å². The molecule has 3 nitrogen and oxygen atoms in total. The third-order valence-corrected chi connectivity index (χ3v) is 3.17. The number of ether oxygens (including phenoxy) is 1. The zero-order valence-corrected chi connectivity index (χ0v) is 9.13. The van der Waals surface area contributed by atoms with Crippen LogP contribution in [0.1, 0.15) is 24.8 Å². The highest BCUT2D eigenvalue weighted by molar-refractivity contribution is 5.72. The molecule has 0 bridgehead atoms. The first kappa shape index (κ1) is 10.9. The van der Waals surface area contributed by atoms with Gasteiger partial charge in [-0.3, -0.25) is 4.79 Å². The van der Waals surface area contributed by atoms with E-state index in [1.165, 1.54) is 13.2 Å². The molecule has 4 heteroatoms. The molecule has 1 aromatic carbocycles. The summed E-state index contributed by atoms with van der Waals surface area (Å²) in [6.45, 7) is 0. The second-order valence-electron chi connectivity index (χ2n) is 4.27. The Kier molecular flexibility index (Phi) is 2.58. The molecule has 0 spiro atoms. The first-order valence-electron chi connectivity index (χ1n) is 5.20. The number of halogens is 1. The molecule has 0 saturated heterocycles. The summed E-state index contributed by atoms with van der Waals surface area (Å²) in [5.41, 5.74) is 6.41. The smallest absolute Gasteiger partial charge is 0.306 e. The van der Waals surface area contributed by atoms with Gasteiger partial charge in [0.25, 0.3) is 0 Å². The van der Waals surface area contributed by atoms with E-state index >= 15 is 0 Å². The molecular formula is C12H14FNO2. The van der Waals surface area contributed by atoms with E-state index in [2.05, 4.69) is 4.74 Å². The van der Waals surface area contributed by atoms with Gasteiger partial charge in [-0.15, -0.1) is 0 Å². The highest BCUT2D eigenvalue weighted by Crippen LogP contribution is 2.51. The van der Waals surface area contributed by atoms with Crippen LogP contribution in [0.15, 0.2) is 18.2 Å². The SMILES string of the molecule is COC(=O)CC1(c2ccc(F)c(N)c2)CC1. The van der Waals surface area contributed by atoms with Gasteiger partial charge in [0.1, 0.15) is 5.82 Å². The summed E-state index contributed by atoms with van der Waals surface area (Å²) < 4.78 is 17.7. The largest absolute Gasteiger partial charge is 0.469 e. The molecule has 2 rings (SSSR count). The number of nitrogen functional groups attached to an aromatic ring is 1. The molecule has 0 aliphatic heterocycles. The molecule has 0 heterocycles. The lowest BCUT2D eigenvalue weighted by Crippen LogP contribution is -2.15. The molecule has 0 atom stereocenters. The van der Waals surface area contributed by atoms with Crippen LogP contribution in [-0.4, -0.2) is 13.1 Å². The van der Waals surface area contributed by atoms with Crippen molar-refractivity contribution in [3.05, 3.63) is 29.6 Å². The summed E-state index contributed by atoms with van der Waals surface area (Å²) in [7, 11) is 1.37. The summed E-state index contributed by atoms with van der Waals surface area (Å²) in [5, 5.41) is 0. The summed E-state index contributed by atoms with van der Waals surface area (Å²) in [4.78, 5) is 11.3. The molecule has 0 radical (unpaired) electrons. The predicted octanol–water partition coefficient (Wildman–Crippen LogP) is 2.00.